The van der Waals surface area contributed by atoms with Crippen molar-refractivity contribution >= 4 is 46.6 Å². The minimum atomic E-state index is -0.584. The molecule has 0 aromatic heterocycles. The number of ether oxygens (including phenoxy) is 2. The lowest BCUT2D eigenvalue weighted by Gasteiger charge is -2.11. The van der Waals surface area contributed by atoms with Gasteiger partial charge in [0.25, 0.3) is 11.1 Å². The molecule has 2 amide bonds. The predicted octanol–water partition coefficient (Wildman–Crippen LogP) is 5.30. The van der Waals surface area contributed by atoms with Crippen LogP contribution < -0.4 is 4.74 Å². The SMILES string of the molecule is CCCCOC(=O)CN1C(=O)S/C(=C/c2ccc(OCc3ccc(Cl)cc3)cc2)C1=O. The fourth-order valence-electron chi connectivity index (χ4n) is 2.70. The summed E-state index contributed by atoms with van der Waals surface area (Å²) in [7, 11) is 0. The van der Waals surface area contributed by atoms with Gasteiger partial charge in [-0.3, -0.25) is 19.3 Å². The molecule has 0 atom stereocenters. The largest absolute Gasteiger partial charge is 0.489 e. The third-order valence-electron chi connectivity index (χ3n) is 4.42. The number of hydrogen-bond acceptors (Lipinski definition) is 6. The van der Waals surface area contributed by atoms with E-state index in [2.05, 4.69) is 0 Å². The van der Waals surface area contributed by atoms with Gasteiger partial charge >= 0.3 is 5.97 Å². The molecule has 6 nitrogen and oxygen atoms in total. The van der Waals surface area contributed by atoms with Gasteiger partial charge in [-0.05, 0) is 59.7 Å². The van der Waals surface area contributed by atoms with Crippen molar-refractivity contribution in [3.63, 3.8) is 0 Å². The van der Waals surface area contributed by atoms with Crippen LogP contribution in [0.5, 0.6) is 5.75 Å². The van der Waals surface area contributed by atoms with Gasteiger partial charge < -0.3 is 9.47 Å². The molecule has 162 valence electrons. The van der Waals surface area contributed by atoms with Crippen LogP contribution in [0.4, 0.5) is 4.79 Å². The lowest BCUT2D eigenvalue weighted by Crippen LogP contribution is -2.34. The third kappa shape index (κ3) is 6.60. The molecule has 8 heteroatoms. The van der Waals surface area contributed by atoms with Crippen molar-refractivity contribution in [2.45, 2.75) is 26.4 Å². The Hall–Kier alpha value is -2.77. The molecule has 0 N–H and O–H groups in total. The highest BCUT2D eigenvalue weighted by molar-refractivity contribution is 8.18. The summed E-state index contributed by atoms with van der Waals surface area (Å²) in [6, 6.07) is 14.6. The van der Waals surface area contributed by atoms with Gasteiger partial charge in [0.05, 0.1) is 11.5 Å². The van der Waals surface area contributed by atoms with E-state index in [1.54, 1.807) is 42.5 Å². The Bertz CT molecular complexity index is 972. The maximum Gasteiger partial charge on any atom is 0.326 e. The Kier molecular flexibility index (Phi) is 8.14. The van der Waals surface area contributed by atoms with Crippen LogP contribution in [0.2, 0.25) is 5.02 Å². The van der Waals surface area contributed by atoms with Gasteiger partial charge in [-0.2, -0.15) is 0 Å². The van der Waals surface area contributed by atoms with E-state index in [0.717, 1.165) is 40.6 Å². The molecule has 1 heterocycles. The van der Waals surface area contributed by atoms with Crippen LogP contribution >= 0.6 is 23.4 Å². The van der Waals surface area contributed by atoms with Gasteiger partial charge in [0.1, 0.15) is 18.9 Å². The highest BCUT2D eigenvalue weighted by Crippen LogP contribution is 2.32. The molecule has 0 unspecified atom stereocenters. The summed E-state index contributed by atoms with van der Waals surface area (Å²) in [6.07, 6.45) is 3.26. The lowest BCUT2D eigenvalue weighted by atomic mass is 10.2. The first-order valence-electron chi connectivity index (χ1n) is 9.84. The van der Waals surface area contributed by atoms with E-state index in [1.165, 1.54) is 0 Å². The monoisotopic (exact) mass is 459 g/mol. The maximum absolute atomic E-state index is 12.5. The molecule has 1 fully saturated rings. The van der Waals surface area contributed by atoms with E-state index in [4.69, 9.17) is 21.1 Å². The van der Waals surface area contributed by atoms with Crippen LogP contribution in [0, 0.1) is 0 Å². The summed E-state index contributed by atoms with van der Waals surface area (Å²) in [5.74, 6) is -0.403. The first kappa shape index (κ1) is 22.9. The van der Waals surface area contributed by atoms with Crippen LogP contribution in [0.3, 0.4) is 0 Å². The number of amides is 2. The fourth-order valence-corrected chi connectivity index (χ4v) is 3.66. The quantitative estimate of drug-likeness (QED) is 0.288. The zero-order valence-electron chi connectivity index (χ0n) is 17.0. The van der Waals surface area contributed by atoms with E-state index < -0.39 is 17.1 Å². The Morgan fingerprint density at radius 3 is 2.48 bits per heavy atom. The third-order valence-corrected chi connectivity index (χ3v) is 5.58. The Morgan fingerprint density at radius 2 is 1.81 bits per heavy atom. The summed E-state index contributed by atoms with van der Waals surface area (Å²) in [4.78, 5) is 37.7. The van der Waals surface area contributed by atoms with Crippen molar-refractivity contribution in [1.82, 2.24) is 4.90 Å². The summed E-state index contributed by atoms with van der Waals surface area (Å²) < 4.78 is 10.8. The van der Waals surface area contributed by atoms with Crippen LogP contribution in [0.15, 0.2) is 53.4 Å². The number of carbonyl (C=O) groups is 3. The van der Waals surface area contributed by atoms with Crippen molar-refractivity contribution in [3.05, 3.63) is 69.6 Å². The molecule has 2 aromatic carbocycles. The number of hydrogen-bond donors (Lipinski definition) is 0. The van der Waals surface area contributed by atoms with E-state index in [-0.39, 0.29) is 18.1 Å². The van der Waals surface area contributed by atoms with Gasteiger partial charge in [0.15, 0.2) is 0 Å². The molecule has 2 aromatic rings. The summed E-state index contributed by atoms with van der Waals surface area (Å²) in [6.45, 7) is 2.30. The molecule has 1 saturated heterocycles. The van der Waals surface area contributed by atoms with E-state index in [9.17, 15) is 14.4 Å². The number of imide groups is 1. The van der Waals surface area contributed by atoms with Gasteiger partial charge in [-0.25, -0.2) is 0 Å². The van der Waals surface area contributed by atoms with Crippen LogP contribution in [-0.4, -0.2) is 35.2 Å². The highest BCUT2D eigenvalue weighted by atomic mass is 35.5. The van der Waals surface area contributed by atoms with E-state index in [0.29, 0.717) is 17.4 Å². The number of halogens is 1. The van der Waals surface area contributed by atoms with Crippen LogP contribution in [-0.2, 0) is 20.9 Å². The molecule has 0 aliphatic carbocycles. The number of rotatable bonds is 9. The molecule has 1 aliphatic rings. The molecule has 0 radical (unpaired) electrons. The summed E-state index contributed by atoms with van der Waals surface area (Å²) in [5.41, 5.74) is 1.74. The minimum Gasteiger partial charge on any atom is -0.489 e. The lowest BCUT2D eigenvalue weighted by molar-refractivity contribution is -0.146. The van der Waals surface area contributed by atoms with E-state index >= 15 is 0 Å². The van der Waals surface area contributed by atoms with Gasteiger partial charge in [-0.15, -0.1) is 0 Å². The average Bonchev–Trinajstić information content (AvgIpc) is 3.02. The smallest absolute Gasteiger partial charge is 0.326 e. The van der Waals surface area contributed by atoms with Gasteiger partial charge in [-0.1, -0.05) is 49.2 Å². The number of unbranched alkanes of at least 4 members (excludes halogenated alkanes) is 1. The molecule has 3 rings (SSSR count). The Morgan fingerprint density at radius 1 is 1.10 bits per heavy atom. The second-order valence-corrected chi connectivity index (χ2v) is 8.26. The Balaban J connectivity index is 1.57. The maximum atomic E-state index is 12.5. The zero-order valence-corrected chi connectivity index (χ0v) is 18.6. The second-order valence-electron chi connectivity index (χ2n) is 6.83. The van der Waals surface area contributed by atoms with Crippen molar-refractivity contribution in [3.8, 4) is 5.75 Å². The number of nitrogens with zero attached hydrogens (tertiary/aromatic N) is 1. The summed E-state index contributed by atoms with van der Waals surface area (Å²) >= 11 is 6.68. The van der Waals surface area contributed by atoms with Crippen LogP contribution in [0.25, 0.3) is 6.08 Å². The topological polar surface area (TPSA) is 72.9 Å². The molecule has 0 spiro atoms. The number of thioether (sulfide) groups is 1. The second kappa shape index (κ2) is 11.0. The summed E-state index contributed by atoms with van der Waals surface area (Å²) in [5, 5.41) is 0.192. The molecule has 1 aliphatic heterocycles. The minimum absolute atomic E-state index is 0.265. The molecular formula is C23H22ClNO5S. The van der Waals surface area contributed by atoms with Crippen molar-refractivity contribution in [2.24, 2.45) is 0 Å². The van der Waals surface area contributed by atoms with Crippen LogP contribution in [0.1, 0.15) is 30.9 Å². The molecule has 0 bridgehead atoms. The molecule has 0 saturated carbocycles. The predicted molar refractivity (Wildman–Crippen MR) is 121 cm³/mol. The zero-order chi connectivity index (χ0) is 22.2. The highest BCUT2D eigenvalue weighted by Gasteiger charge is 2.36. The first-order valence-corrected chi connectivity index (χ1v) is 11.0. The normalized spacial score (nSPS) is 14.9. The standard InChI is InChI=1S/C23H22ClNO5S/c1-2-3-12-29-21(26)14-25-22(27)20(31-23(25)28)13-16-6-10-19(11-7-16)30-15-17-4-8-18(24)9-5-17/h4-11,13H,2-3,12,14-15H2,1H3/b20-13+. The molecule has 31 heavy (non-hydrogen) atoms. The number of esters is 1. The van der Waals surface area contributed by atoms with Crippen molar-refractivity contribution in [1.29, 1.82) is 0 Å². The number of carbonyl (C=O) groups excluding carboxylic acids is 3. The average molecular weight is 460 g/mol. The fraction of sp³-hybridized carbons (Fsp3) is 0.261. The van der Waals surface area contributed by atoms with Crippen molar-refractivity contribution in [2.75, 3.05) is 13.2 Å². The Labute approximate surface area is 190 Å². The van der Waals surface area contributed by atoms with Crippen molar-refractivity contribution < 1.29 is 23.9 Å². The molecular weight excluding hydrogens is 438 g/mol. The van der Waals surface area contributed by atoms with Gasteiger partial charge in [0.2, 0.25) is 0 Å². The number of benzene rings is 2. The van der Waals surface area contributed by atoms with Gasteiger partial charge in [0, 0.05) is 5.02 Å². The first-order chi connectivity index (χ1) is 15.0. The van der Waals surface area contributed by atoms with E-state index in [1.807, 2.05) is 19.1 Å².